The predicted molar refractivity (Wildman–Crippen MR) is 53.5 cm³/mol. The number of hydrogen-bond donors (Lipinski definition) is 1. The summed E-state index contributed by atoms with van der Waals surface area (Å²) in [6.07, 6.45) is 0. The summed E-state index contributed by atoms with van der Waals surface area (Å²) in [6.45, 7) is 0. The van der Waals surface area contributed by atoms with Crippen LogP contribution in [0.2, 0.25) is 0 Å². The number of nitro benzene ring substituents is 1. The molecule has 0 spiro atoms. The van der Waals surface area contributed by atoms with E-state index < -0.39 is 21.5 Å². The van der Waals surface area contributed by atoms with Crippen molar-refractivity contribution < 1.29 is 18.1 Å². The van der Waals surface area contributed by atoms with Crippen LogP contribution in [0.3, 0.4) is 0 Å². The van der Waals surface area contributed by atoms with Crippen LogP contribution in [-0.4, -0.2) is 19.4 Å². The Morgan fingerprint density at radius 1 is 1.38 bits per heavy atom. The van der Waals surface area contributed by atoms with Gasteiger partial charge in [-0.2, -0.15) is 8.42 Å². The van der Waals surface area contributed by atoms with Gasteiger partial charge in [0.25, 0.3) is 5.69 Å². The second kappa shape index (κ2) is 4.98. The molecule has 1 N–H and O–H groups in total. The Bertz CT molecular complexity index is 557. The Morgan fingerprint density at radius 3 is 2.56 bits per heavy atom. The highest BCUT2D eigenvalue weighted by molar-refractivity contribution is 7.62. The van der Waals surface area contributed by atoms with Gasteiger partial charge in [-0.05, 0) is 6.07 Å². The summed E-state index contributed by atoms with van der Waals surface area (Å²) >= 11 is 0. The molecule has 84 valence electrons. The Labute approximate surface area is 90.8 Å². The number of rotatable bonds is 2. The Kier molecular flexibility index (Phi) is 3.67. The van der Waals surface area contributed by atoms with Gasteiger partial charge in [-0.1, -0.05) is 16.5 Å². The number of nitro groups is 1. The quantitative estimate of drug-likeness (QED) is 0.618. The van der Waals surface area contributed by atoms with Gasteiger partial charge in [-0.25, -0.2) is 4.79 Å². The van der Waals surface area contributed by atoms with Gasteiger partial charge in [-0.3, -0.25) is 15.4 Å². The van der Waals surface area contributed by atoms with E-state index in [1.807, 2.05) is 5.32 Å². The molecule has 0 heterocycles. The van der Waals surface area contributed by atoms with Crippen LogP contribution in [0.4, 0.5) is 16.2 Å². The van der Waals surface area contributed by atoms with E-state index in [-0.39, 0.29) is 11.4 Å². The van der Waals surface area contributed by atoms with Crippen molar-refractivity contribution in [3.63, 3.8) is 0 Å². The highest BCUT2D eigenvalue weighted by Crippen LogP contribution is 2.22. The van der Waals surface area contributed by atoms with Crippen molar-refractivity contribution in [3.05, 3.63) is 34.4 Å². The molecule has 0 saturated carbocycles. The molecule has 0 fully saturated rings. The van der Waals surface area contributed by atoms with Gasteiger partial charge >= 0.3 is 16.5 Å². The number of anilines is 1. The topological polar surface area (TPSA) is 119 Å². The first kappa shape index (κ1) is 11.8. The van der Waals surface area contributed by atoms with Gasteiger partial charge in [0.05, 0.1) is 4.92 Å². The average molecular weight is 243 g/mol. The lowest BCUT2D eigenvalue weighted by atomic mass is 10.3. The van der Waals surface area contributed by atoms with E-state index in [9.17, 15) is 23.3 Å². The van der Waals surface area contributed by atoms with Crippen LogP contribution in [0.15, 0.2) is 28.6 Å². The maximum absolute atomic E-state index is 10.9. The van der Waals surface area contributed by atoms with Gasteiger partial charge in [0.2, 0.25) is 0 Å². The predicted octanol–water partition coefficient (Wildman–Crippen LogP) is 1.19. The molecule has 2 amide bonds. The van der Waals surface area contributed by atoms with E-state index >= 15 is 0 Å². The van der Waals surface area contributed by atoms with Crippen molar-refractivity contribution in [1.29, 1.82) is 0 Å². The molecule has 0 bridgehead atoms. The number of hydrogen-bond acceptors (Lipinski definition) is 5. The van der Waals surface area contributed by atoms with E-state index in [2.05, 4.69) is 4.36 Å². The van der Waals surface area contributed by atoms with E-state index in [0.717, 1.165) is 0 Å². The van der Waals surface area contributed by atoms with Crippen LogP contribution in [-0.2, 0) is 10.5 Å². The lowest BCUT2D eigenvalue weighted by molar-refractivity contribution is -0.383. The average Bonchev–Trinajstić information content (AvgIpc) is 2.16. The summed E-state index contributed by atoms with van der Waals surface area (Å²) in [7, 11) is -2.89. The molecule has 0 aromatic heterocycles. The van der Waals surface area contributed by atoms with Crippen LogP contribution in [0.25, 0.3) is 0 Å². The summed E-state index contributed by atoms with van der Waals surface area (Å²) in [6, 6.07) is 4.11. The lowest BCUT2D eigenvalue weighted by Crippen LogP contribution is -2.07. The first-order chi connectivity index (χ1) is 7.50. The molecule has 0 aliphatic carbocycles. The summed E-state index contributed by atoms with van der Waals surface area (Å²) in [5, 5.41) is 12.5. The zero-order valence-electron chi connectivity index (χ0n) is 7.65. The largest absolute Gasteiger partial charge is 0.360 e. The van der Waals surface area contributed by atoms with Crippen molar-refractivity contribution in [3.8, 4) is 0 Å². The Hall–Kier alpha value is -2.29. The summed E-state index contributed by atoms with van der Waals surface area (Å²) in [5.74, 6) is 0. The van der Waals surface area contributed by atoms with Gasteiger partial charge in [0.15, 0.2) is 0 Å². The molecule has 0 unspecified atom stereocenters. The zero-order chi connectivity index (χ0) is 12.1. The van der Waals surface area contributed by atoms with Gasteiger partial charge in [0.1, 0.15) is 5.69 Å². The number of nitrogens with one attached hydrogen (secondary N) is 1. The minimum atomic E-state index is -2.89. The second-order valence-electron chi connectivity index (χ2n) is 2.51. The monoisotopic (exact) mass is 243 g/mol. The highest BCUT2D eigenvalue weighted by atomic mass is 32.2. The normalized spacial score (nSPS) is 9.25. The molecule has 9 heteroatoms. The van der Waals surface area contributed by atoms with Crippen molar-refractivity contribution in [2.24, 2.45) is 4.36 Å². The van der Waals surface area contributed by atoms with Crippen LogP contribution in [0, 0.1) is 10.1 Å². The number of amides is 2. The highest BCUT2D eigenvalue weighted by Gasteiger charge is 2.14. The third-order valence-electron chi connectivity index (χ3n) is 1.50. The van der Waals surface area contributed by atoms with Crippen molar-refractivity contribution in [1.82, 2.24) is 0 Å². The van der Waals surface area contributed by atoms with Crippen molar-refractivity contribution >= 4 is 27.9 Å². The molecule has 1 aromatic rings. The smallest absolute Gasteiger partial charge is 0.299 e. The standard InChI is InChI=1S/C7H5N3O5S/c11-7(9-16(14)15)8-5-3-1-2-4-6(5)10(12)13/h1-4H,(H,8,11). The molecule has 16 heavy (non-hydrogen) atoms. The van der Waals surface area contributed by atoms with Crippen LogP contribution in [0.1, 0.15) is 0 Å². The van der Waals surface area contributed by atoms with E-state index in [4.69, 9.17) is 0 Å². The number of carbonyl (C=O) groups excluding carboxylic acids is 1. The maximum Gasteiger partial charge on any atom is 0.360 e. The fraction of sp³-hybridized carbons (Fsp3) is 0. The molecule has 0 atom stereocenters. The number of benzene rings is 1. The summed E-state index contributed by atoms with van der Waals surface area (Å²) in [4.78, 5) is 20.7. The van der Waals surface area contributed by atoms with Gasteiger partial charge in [-0.15, -0.1) is 0 Å². The molecular weight excluding hydrogens is 238 g/mol. The molecule has 8 nitrogen and oxygen atoms in total. The molecule has 1 aromatic carbocycles. The molecule has 0 saturated heterocycles. The fourth-order valence-electron chi connectivity index (χ4n) is 0.944. The Morgan fingerprint density at radius 2 is 2.00 bits per heavy atom. The lowest BCUT2D eigenvalue weighted by Gasteiger charge is -2.00. The third-order valence-corrected chi connectivity index (χ3v) is 1.81. The number of urea groups is 1. The zero-order valence-corrected chi connectivity index (χ0v) is 8.47. The van der Waals surface area contributed by atoms with Gasteiger partial charge in [0, 0.05) is 6.07 Å². The molecule has 0 aliphatic rings. The van der Waals surface area contributed by atoms with Crippen molar-refractivity contribution in [2.75, 3.05) is 5.32 Å². The molecule has 1 rings (SSSR count). The summed E-state index contributed by atoms with van der Waals surface area (Å²) in [5.41, 5.74) is -0.463. The minimum Gasteiger partial charge on any atom is -0.299 e. The van der Waals surface area contributed by atoms with E-state index in [1.54, 1.807) is 0 Å². The fourth-order valence-corrected chi connectivity index (χ4v) is 1.13. The van der Waals surface area contributed by atoms with Crippen molar-refractivity contribution in [2.45, 2.75) is 0 Å². The number of nitrogens with zero attached hydrogens (tertiary/aromatic N) is 2. The number of para-hydroxylation sites is 2. The minimum absolute atomic E-state index is 0.119. The van der Waals surface area contributed by atoms with Crippen LogP contribution >= 0.6 is 0 Å². The first-order valence-corrected chi connectivity index (χ1v) is 4.89. The third kappa shape index (κ3) is 3.13. The molecular formula is C7H5N3O5S. The van der Waals surface area contributed by atoms with E-state index in [1.165, 1.54) is 24.3 Å². The Balaban J connectivity index is 3.02. The maximum atomic E-state index is 10.9. The molecule has 0 aliphatic heterocycles. The molecule has 0 radical (unpaired) electrons. The van der Waals surface area contributed by atoms with Crippen LogP contribution < -0.4 is 5.32 Å². The second-order valence-corrected chi connectivity index (χ2v) is 3.13. The first-order valence-electron chi connectivity index (χ1n) is 3.86. The SMILES string of the molecule is O=C(N=S(=O)=O)Nc1ccccc1[N+](=O)[O-]. The van der Waals surface area contributed by atoms with E-state index in [0.29, 0.717) is 0 Å². The summed E-state index contributed by atoms with van der Waals surface area (Å²) < 4.78 is 22.7. The van der Waals surface area contributed by atoms with Crippen LogP contribution in [0.5, 0.6) is 0 Å². The number of carbonyl (C=O) groups is 1. The van der Waals surface area contributed by atoms with Gasteiger partial charge < -0.3 is 0 Å².